The molecule has 1 atom stereocenters. The highest BCUT2D eigenvalue weighted by atomic mass is 19.4. The zero-order valence-corrected chi connectivity index (χ0v) is 12.9. The third-order valence-electron chi connectivity index (χ3n) is 3.19. The summed E-state index contributed by atoms with van der Waals surface area (Å²) >= 11 is 0. The molecule has 0 heterocycles. The minimum absolute atomic E-state index is 0.0418. The molecule has 0 aliphatic heterocycles. The zero-order chi connectivity index (χ0) is 18.6. The van der Waals surface area contributed by atoms with Crippen LogP contribution in [0.1, 0.15) is 22.8 Å². The molecule has 0 saturated carbocycles. The van der Waals surface area contributed by atoms with Crippen molar-refractivity contribution in [2.75, 3.05) is 5.32 Å². The number of ether oxygens (including phenoxy) is 1. The van der Waals surface area contributed by atoms with E-state index in [4.69, 9.17) is 4.74 Å². The fourth-order valence-corrected chi connectivity index (χ4v) is 1.89. The van der Waals surface area contributed by atoms with Crippen LogP contribution in [0.2, 0.25) is 0 Å². The molecule has 0 fully saturated rings. The summed E-state index contributed by atoms with van der Waals surface area (Å²) in [6.45, 7) is 1.27. The molecule has 0 radical (unpaired) electrons. The summed E-state index contributed by atoms with van der Waals surface area (Å²) in [5, 5.41) is 2.24. The lowest BCUT2D eigenvalue weighted by atomic mass is 10.2. The largest absolute Gasteiger partial charge is 0.449 e. The van der Waals surface area contributed by atoms with E-state index in [0.717, 1.165) is 30.3 Å². The number of anilines is 1. The Balaban J connectivity index is 2.01. The highest BCUT2D eigenvalue weighted by molar-refractivity contribution is 5.97. The van der Waals surface area contributed by atoms with Crippen molar-refractivity contribution < 1.29 is 31.9 Å². The van der Waals surface area contributed by atoms with Crippen molar-refractivity contribution in [2.45, 2.75) is 19.2 Å². The Morgan fingerprint density at radius 1 is 1.08 bits per heavy atom. The van der Waals surface area contributed by atoms with E-state index in [1.54, 1.807) is 0 Å². The molecule has 0 spiro atoms. The second kappa shape index (κ2) is 7.33. The molecule has 1 amide bonds. The molecule has 0 saturated heterocycles. The molecule has 2 aromatic carbocycles. The molecule has 0 aromatic heterocycles. The topological polar surface area (TPSA) is 55.4 Å². The van der Waals surface area contributed by atoms with Gasteiger partial charge in [0.25, 0.3) is 5.91 Å². The average molecular weight is 355 g/mol. The number of hydrogen-bond donors (Lipinski definition) is 1. The van der Waals surface area contributed by atoms with Gasteiger partial charge in [0.15, 0.2) is 6.10 Å². The fourth-order valence-electron chi connectivity index (χ4n) is 1.89. The van der Waals surface area contributed by atoms with Crippen LogP contribution in [-0.2, 0) is 15.7 Å². The van der Waals surface area contributed by atoms with Gasteiger partial charge in [-0.05, 0) is 49.4 Å². The average Bonchev–Trinajstić information content (AvgIpc) is 2.54. The number of carbonyl (C=O) groups excluding carboxylic acids is 2. The summed E-state index contributed by atoms with van der Waals surface area (Å²) in [5.74, 6) is -2.19. The summed E-state index contributed by atoms with van der Waals surface area (Å²) in [7, 11) is 0. The second-order valence-electron chi connectivity index (χ2n) is 5.12. The SMILES string of the molecule is C[C@@H](OC(=O)c1ccc(F)cc1)C(=O)Nc1cccc(C(F)(F)F)c1. The zero-order valence-electron chi connectivity index (χ0n) is 12.9. The molecule has 25 heavy (non-hydrogen) atoms. The van der Waals surface area contributed by atoms with Gasteiger partial charge in [0.05, 0.1) is 11.1 Å². The van der Waals surface area contributed by atoms with Crippen molar-refractivity contribution in [3.05, 3.63) is 65.5 Å². The van der Waals surface area contributed by atoms with Gasteiger partial charge >= 0.3 is 12.1 Å². The Labute approximate surface area is 140 Å². The maximum Gasteiger partial charge on any atom is 0.416 e. The summed E-state index contributed by atoms with van der Waals surface area (Å²) < 4.78 is 55.6. The van der Waals surface area contributed by atoms with Crippen molar-refractivity contribution in [2.24, 2.45) is 0 Å². The van der Waals surface area contributed by atoms with Crippen molar-refractivity contribution in [3.63, 3.8) is 0 Å². The van der Waals surface area contributed by atoms with Crippen LogP contribution in [0.5, 0.6) is 0 Å². The first kappa shape index (κ1) is 18.4. The first-order valence-electron chi connectivity index (χ1n) is 7.11. The molecule has 1 N–H and O–H groups in total. The van der Waals surface area contributed by atoms with Gasteiger partial charge in [-0.25, -0.2) is 9.18 Å². The summed E-state index contributed by atoms with van der Waals surface area (Å²) in [5.41, 5.74) is -0.953. The van der Waals surface area contributed by atoms with Crippen LogP contribution in [-0.4, -0.2) is 18.0 Å². The lowest BCUT2D eigenvalue weighted by Gasteiger charge is -2.14. The van der Waals surface area contributed by atoms with E-state index in [2.05, 4.69) is 5.32 Å². The lowest BCUT2D eigenvalue weighted by Crippen LogP contribution is -2.30. The number of alkyl halides is 3. The molecule has 0 bridgehead atoms. The van der Waals surface area contributed by atoms with Crippen molar-refractivity contribution in [3.8, 4) is 0 Å². The molecule has 8 heteroatoms. The molecule has 4 nitrogen and oxygen atoms in total. The van der Waals surface area contributed by atoms with Gasteiger partial charge in [-0.3, -0.25) is 4.79 Å². The maximum absolute atomic E-state index is 12.8. The predicted molar refractivity (Wildman–Crippen MR) is 81.4 cm³/mol. The normalized spacial score (nSPS) is 12.4. The third-order valence-corrected chi connectivity index (χ3v) is 3.19. The third kappa shape index (κ3) is 5.03. The Kier molecular flexibility index (Phi) is 5.41. The van der Waals surface area contributed by atoms with E-state index < -0.39 is 35.5 Å². The van der Waals surface area contributed by atoms with Gasteiger partial charge in [0.2, 0.25) is 0 Å². The van der Waals surface area contributed by atoms with E-state index in [1.807, 2.05) is 0 Å². The van der Waals surface area contributed by atoms with Crippen LogP contribution in [0.4, 0.5) is 23.2 Å². The number of nitrogens with one attached hydrogen (secondary N) is 1. The minimum atomic E-state index is -4.54. The number of rotatable bonds is 4. The second-order valence-corrected chi connectivity index (χ2v) is 5.12. The highest BCUT2D eigenvalue weighted by Gasteiger charge is 2.30. The first-order chi connectivity index (χ1) is 11.7. The molecular formula is C17H13F4NO3. The summed E-state index contributed by atoms with van der Waals surface area (Å²) in [6, 6.07) is 8.56. The van der Waals surface area contributed by atoms with Crippen molar-refractivity contribution in [1.82, 2.24) is 0 Å². The van der Waals surface area contributed by atoms with Crippen LogP contribution in [0.25, 0.3) is 0 Å². The van der Waals surface area contributed by atoms with Crippen LogP contribution in [0.15, 0.2) is 48.5 Å². The Morgan fingerprint density at radius 2 is 1.72 bits per heavy atom. The Morgan fingerprint density at radius 3 is 2.32 bits per heavy atom. The van der Waals surface area contributed by atoms with Gasteiger partial charge < -0.3 is 10.1 Å². The summed E-state index contributed by atoms with van der Waals surface area (Å²) in [6.07, 6.45) is -5.80. The van der Waals surface area contributed by atoms with Crippen LogP contribution >= 0.6 is 0 Å². The molecular weight excluding hydrogens is 342 g/mol. The quantitative estimate of drug-likeness (QED) is 0.666. The predicted octanol–water partition coefficient (Wildman–Crippen LogP) is 4.03. The van der Waals surface area contributed by atoms with Crippen LogP contribution in [0, 0.1) is 5.82 Å². The van der Waals surface area contributed by atoms with Gasteiger partial charge in [0, 0.05) is 5.69 Å². The van der Waals surface area contributed by atoms with E-state index in [0.29, 0.717) is 0 Å². The summed E-state index contributed by atoms with van der Waals surface area (Å²) in [4.78, 5) is 23.8. The van der Waals surface area contributed by atoms with E-state index in [-0.39, 0.29) is 11.3 Å². The van der Waals surface area contributed by atoms with Crippen molar-refractivity contribution in [1.29, 1.82) is 0 Å². The Hall–Kier alpha value is -2.90. The van der Waals surface area contributed by atoms with E-state index in [9.17, 15) is 27.2 Å². The smallest absolute Gasteiger partial charge is 0.416 e. The molecule has 132 valence electrons. The van der Waals surface area contributed by atoms with Crippen LogP contribution in [0.3, 0.4) is 0 Å². The van der Waals surface area contributed by atoms with E-state index in [1.165, 1.54) is 25.1 Å². The van der Waals surface area contributed by atoms with Gasteiger partial charge in [-0.1, -0.05) is 6.07 Å². The highest BCUT2D eigenvalue weighted by Crippen LogP contribution is 2.30. The maximum atomic E-state index is 12.8. The molecule has 0 aliphatic rings. The molecule has 2 aromatic rings. The van der Waals surface area contributed by atoms with Gasteiger partial charge in [-0.15, -0.1) is 0 Å². The van der Waals surface area contributed by atoms with Crippen LogP contribution < -0.4 is 5.32 Å². The minimum Gasteiger partial charge on any atom is -0.449 e. The standard InChI is InChI=1S/C17H13F4NO3/c1-10(25-16(24)11-5-7-13(18)8-6-11)15(23)22-14-4-2-3-12(9-14)17(19,20)21/h2-10H,1H3,(H,22,23)/t10-/m1/s1. The number of benzene rings is 2. The number of hydrogen-bond acceptors (Lipinski definition) is 3. The number of carbonyl (C=O) groups is 2. The molecule has 2 rings (SSSR count). The molecule has 0 unspecified atom stereocenters. The number of amides is 1. The fraction of sp³-hybridized carbons (Fsp3) is 0.176. The van der Waals surface area contributed by atoms with Gasteiger partial charge in [0.1, 0.15) is 5.82 Å². The van der Waals surface area contributed by atoms with Gasteiger partial charge in [-0.2, -0.15) is 13.2 Å². The van der Waals surface area contributed by atoms with E-state index >= 15 is 0 Å². The molecule has 0 aliphatic carbocycles. The Bertz CT molecular complexity index is 772. The number of esters is 1. The monoisotopic (exact) mass is 355 g/mol. The first-order valence-corrected chi connectivity index (χ1v) is 7.11. The van der Waals surface area contributed by atoms with Crippen molar-refractivity contribution >= 4 is 17.6 Å². The number of halogens is 4. The lowest BCUT2D eigenvalue weighted by molar-refractivity contribution is -0.137.